The van der Waals surface area contributed by atoms with Gasteiger partial charge in [0.2, 0.25) is 0 Å². The monoisotopic (exact) mass is 264 g/mol. The Balaban J connectivity index is 1.81. The van der Waals surface area contributed by atoms with Crippen LogP contribution in [-0.4, -0.2) is 34.5 Å². The first kappa shape index (κ1) is 12.2. The zero-order valence-corrected chi connectivity index (χ0v) is 10.5. The van der Waals surface area contributed by atoms with Crippen LogP contribution in [-0.2, 0) is 0 Å². The van der Waals surface area contributed by atoms with Gasteiger partial charge in [-0.1, -0.05) is 0 Å². The molecule has 0 radical (unpaired) electrons. The summed E-state index contributed by atoms with van der Waals surface area (Å²) in [4.78, 5) is 22.6. The number of carbonyl (C=O) groups is 1. The van der Waals surface area contributed by atoms with E-state index >= 15 is 0 Å². The number of nitrogens with one attached hydrogen (secondary N) is 2. The fourth-order valence-corrected chi connectivity index (χ4v) is 2.44. The van der Waals surface area contributed by atoms with Gasteiger partial charge in [0.1, 0.15) is 5.69 Å². The first-order chi connectivity index (χ1) is 9.15. The lowest BCUT2D eigenvalue weighted by atomic mass is 10.2. The zero-order valence-electron chi connectivity index (χ0n) is 10.5. The summed E-state index contributed by atoms with van der Waals surface area (Å²) in [5.74, 6) is -0.214. The second kappa shape index (κ2) is 4.65. The molecule has 0 unspecified atom stereocenters. The lowest BCUT2D eigenvalue weighted by molar-refractivity contribution is -0.384. The van der Waals surface area contributed by atoms with E-state index in [0.717, 1.165) is 32.4 Å². The molecule has 1 saturated carbocycles. The van der Waals surface area contributed by atoms with Crippen molar-refractivity contribution in [2.24, 2.45) is 0 Å². The minimum atomic E-state index is -0.452. The quantitative estimate of drug-likeness (QED) is 0.622. The van der Waals surface area contributed by atoms with Gasteiger partial charge < -0.3 is 15.2 Å². The van der Waals surface area contributed by atoms with E-state index in [4.69, 9.17) is 0 Å². The van der Waals surface area contributed by atoms with E-state index in [1.165, 1.54) is 12.3 Å². The lowest BCUT2D eigenvalue weighted by Crippen LogP contribution is -2.37. The van der Waals surface area contributed by atoms with Crippen LogP contribution in [0, 0.1) is 10.1 Å². The van der Waals surface area contributed by atoms with E-state index in [2.05, 4.69) is 10.6 Å². The molecule has 2 heterocycles. The molecular formula is C12H16N4O3. The topological polar surface area (TPSA) is 89.2 Å². The number of amides is 1. The maximum atomic E-state index is 12.2. The number of aromatic nitrogens is 1. The lowest BCUT2D eigenvalue weighted by Gasteiger charge is -2.12. The van der Waals surface area contributed by atoms with Crippen LogP contribution in [0.3, 0.4) is 0 Å². The van der Waals surface area contributed by atoms with Crippen LogP contribution >= 0.6 is 0 Å². The summed E-state index contributed by atoms with van der Waals surface area (Å²) in [6, 6.07) is 1.74. The van der Waals surface area contributed by atoms with Crippen molar-refractivity contribution >= 4 is 11.6 Å². The smallest absolute Gasteiger partial charge is 0.287 e. The van der Waals surface area contributed by atoms with Crippen molar-refractivity contribution in [1.82, 2.24) is 15.2 Å². The highest BCUT2D eigenvalue weighted by Crippen LogP contribution is 2.37. The molecule has 2 N–H and O–H groups in total. The van der Waals surface area contributed by atoms with E-state index in [1.807, 2.05) is 0 Å². The summed E-state index contributed by atoms with van der Waals surface area (Å²) in [5, 5.41) is 16.9. The first-order valence-corrected chi connectivity index (χ1v) is 6.53. The molecule has 1 saturated heterocycles. The van der Waals surface area contributed by atoms with E-state index in [1.54, 1.807) is 4.57 Å². The third kappa shape index (κ3) is 2.46. The first-order valence-electron chi connectivity index (χ1n) is 6.53. The van der Waals surface area contributed by atoms with Crippen LogP contribution in [0.1, 0.15) is 35.8 Å². The van der Waals surface area contributed by atoms with Gasteiger partial charge >= 0.3 is 0 Å². The molecule has 3 rings (SSSR count). The number of hydrogen-bond acceptors (Lipinski definition) is 4. The number of rotatable bonds is 4. The van der Waals surface area contributed by atoms with Crippen molar-refractivity contribution in [1.29, 1.82) is 0 Å². The van der Waals surface area contributed by atoms with Crippen molar-refractivity contribution in [3.8, 4) is 0 Å². The van der Waals surface area contributed by atoms with Gasteiger partial charge in [0.15, 0.2) is 0 Å². The normalized spacial score (nSPS) is 22.4. The van der Waals surface area contributed by atoms with Crippen molar-refractivity contribution in [2.75, 3.05) is 13.1 Å². The average molecular weight is 264 g/mol. The highest BCUT2D eigenvalue weighted by Gasteiger charge is 2.31. The van der Waals surface area contributed by atoms with Gasteiger partial charge in [-0.25, -0.2) is 0 Å². The van der Waals surface area contributed by atoms with Gasteiger partial charge in [-0.05, 0) is 25.8 Å². The minimum Gasteiger partial charge on any atom is -0.347 e. The number of nitrogens with zero attached hydrogens (tertiary/aromatic N) is 2. The van der Waals surface area contributed by atoms with Gasteiger partial charge in [0, 0.05) is 24.7 Å². The van der Waals surface area contributed by atoms with Crippen LogP contribution in [0.2, 0.25) is 0 Å². The van der Waals surface area contributed by atoms with Gasteiger partial charge in [-0.3, -0.25) is 14.9 Å². The van der Waals surface area contributed by atoms with Crippen LogP contribution in [0.15, 0.2) is 12.3 Å². The predicted molar refractivity (Wildman–Crippen MR) is 68.1 cm³/mol. The van der Waals surface area contributed by atoms with E-state index < -0.39 is 4.92 Å². The Morgan fingerprint density at radius 1 is 1.47 bits per heavy atom. The SMILES string of the molecule is O=C(N[C@H]1CCNC1)c1cc([N+](=O)[O-])cn1C1CC1. The van der Waals surface area contributed by atoms with Crippen LogP contribution < -0.4 is 10.6 Å². The maximum absolute atomic E-state index is 12.2. The Morgan fingerprint density at radius 2 is 2.26 bits per heavy atom. The number of hydrogen-bond donors (Lipinski definition) is 2. The number of nitro groups is 1. The van der Waals surface area contributed by atoms with E-state index in [0.29, 0.717) is 5.69 Å². The van der Waals surface area contributed by atoms with Gasteiger partial charge in [0.25, 0.3) is 11.6 Å². The molecule has 1 amide bonds. The molecule has 1 aromatic rings. The molecular weight excluding hydrogens is 248 g/mol. The minimum absolute atomic E-state index is 0.0124. The Bertz CT molecular complexity index is 515. The highest BCUT2D eigenvalue weighted by molar-refractivity contribution is 5.93. The fraction of sp³-hybridized carbons (Fsp3) is 0.583. The summed E-state index contributed by atoms with van der Waals surface area (Å²) in [7, 11) is 0. The predicted octanol–water partition coefficient (Wildman–Crippen LogP) is 0.823. The molecule has 1 atom stereocenters. The standard InChI is InChI=1S/C12H16N4O3/c17-12(14-8-3-4-13-6-8)11-5-10(16(18)19)7-15(11)9-1-2-9/h5,7-9,13H,1-4,6H2,(H,14,17)/t8-/m0/s1. The Hall–Kier alpha value is -1.89. The third-order valence-electron chi connectivity index (χ3n) is 3.61. The molecule has 1 aromatic heterocycles. The average Bonchev–Trinajstić information content (AvgIpc) is 2.92. The van der Waals surface area contributed by atoms with Gasteiger partial charge in [-0.2, -0.15) is 0 Å². The van der Waals surface area contributed by atoms with Crippen molar-refractivity contribution < 1.29 is 9.72 Å². The van der Waals surface area contributed by atoms with Crippen molar-refractivity contribution in [3.63, 3.8) is 0 Å². The molecule has 0 spiro atoms. The zero-order chi connectivity index (χ0) is 13.4. The maximum Gasteiger partial charge on any atom is 0.287 e. The highest BCUT2D eigenvalue weighted by atomic mass is 16.6. The third-order valence-corrected chi connectivity index (χ3v) is 3.61. The fourth-order valence-electron chi connectivity index (χ4n) is 2.44. The summed E-state index contributed by atoms with van der Waals surface area (Å²) >= 11 is 0. The molecule has 19 heavy (non-hydrogen) atoms. The molecule has 7 nitrogen and oxygen atoms in total. The summed E-state index contributed by atoms with van der Waals surface area (Å²) in [6.07, 6.45) is 4.34. The number of carbonyl (C=O) groups excluding carboxylic acids is 1. The molecule has 2 aliphatic rings. The van der Waals surface area contributed by atoms with Gasteiger partial charge in [0.05, 0.1) is 11.1 Å². The Labute approximate surface area is 110 Å². The molecule has 2 fully saturated rings. The molecule has 1 aliphatic heterocycles. The molecule has 102 valence electrons. The van der Waals surface area contributed by atoms with Crippen molar-refractivity contribution in [3.05, 3.63) is 28.1 Å². The summed E-state index contributed by atoms with van der Waals surface area (Å²) in [6.45, 7) is 1.66. The van der Waals surface area contributed by atoms with Crippen LogP contribution in [0.25, 0.3) is 0 Å². The molecule has 7 heteroatoms. The van der Waals surface area contributed by atoms with Gasteiger partial charge in [-0.15, -0.1) is 0 Å². The molecule has 0 bridgehead atoms. The van der Waals surface area contributed by atoms with Crippen LogP contribution in [0.4, 0.5) is 5.69 Å². The van der Waals surface area contributed by atoms with E-state index in [-0.39, 0.29) is 23.7 Å². The second-order valence-corrected chi connectivity index (χ2v) is 5.14. The van der Waals surface area contributed by atoms with Crippen molar-refractivity contribution in [2.45, 2.75) is 31.3 Å². The Morgan fingerprint density at radius 3 is 2.84 bits per heavy atom. The van der Waals surface area contributed by atoms with E-state index in [9.17, 15) is 14.9 Å². The molecule has 1 aliphatic carbocycles. The largest absolute Gasteiger partial charge is 0.347 e. The summed E-state index contributed by atoms with van der Waals surface area (Å²) in [5.41, 5.74) is 0.391. The molecule has 0 aromatic carbocycles. The van der Waals surface area contributed by atoms with Crippen LogP contribution in [0.5, 0.6) is 0 Å². The summed E-state index contributed by atoms with van der Waals surface area (Å²) < 4.78 is 1.75. The Kier molecular flexibility index (Phi) is 2.98. The second-order valence-electron chi connectivity index (χ2n) is 5.14.